The van der Waals surface area contributed by atoms with Crippen LogP contribution in [0.5, 0.6) is 11.5 Å². The number of amides is 2. The number of hydrogen-bond donors (Lipinski definition) is 0. The van der Waals surface area contributed by atoms with Gasteiger partial charge in [-0.1, -0.05) is 29.8 Å². The number of thioether (sulfide) groups is 1. The van der Waals surface area contributed by atoms with Crippen LogP contribution in [0.2, 0.25) is 5.02 Å². The van der Waals surface area contributed by atoms with Crippen LogP contribution >= 0.6 is 39.3 Å². The van der Waals surface area contributed by atoms with Gasteiger partial charge in [0, 0.05) is 10.6 Å². The van der Waals surface area contributed by atoms with Gasteiger partial charge in [0.2, 0.25) is 0 Å². The van der Waals surface area contributed by atoms with Gasteiger partial charge < -0.3 is 9.47 Å². The Balaban J connectivity index is 1.57. The minimum atomic E-state index is -0.609. The van der Waals surface area contributed by atoms with E-state index in [0.717, 1.165) is 16.7 Å². The molecule has 3 aromatic rings. The van der Waals surface area contributed by atoms with Crippen molar-refractivity contribution in [2.45, 2.75) is 6.54 Å². The van der Waals surface area contributed by atoms with Crippen molar-refractivity contribution in [1.82, 2.24) is 4.90 Å². The topological polar surface area (TPSA) is 72.9 Å². The van der Waals surface area contributed by atoms with E-state index in [1.165, 1.54) is 43.5 Å². The predicted octanol–water partition coefficient (Wildman–Crippen LogP) is 6.71. The summed E-state index contributed by atoms with van der Waals surface area (Å²) in [6.45, 7) is -0.165. The third kappa shape index (κ3) is 5.58. The smallest absolute Gasteiger partial charge is 0.343 e. The fraction of sp³-hybridized carbons (Fsp3) is 0.0800. The third-order valence-electron chi connectivity index (χ3n) is 4.98. The number of ether oxygens (including phenoxy) is 2. The third-order valence-corrected chi connectivity index (χ3v) is 6.73. The normalized spacial score (nSPS) is 14.5. The average Bonchev–Trinajstić information content (AvgIpc) is 3.09. The van der Waals surface area contributed by atoms with E-state index in [-0.39, 0.29) is 28.5 Å². The first-order chi connectivity index (χ1) is 16.8. The maximum absolute atomic E-state index is 14.0. The maximum atomic E-state index is 14.0. The lowest BCUT2D eigenvalue weighted by molar-refractivity contribution is -0.123. The second-order valence-corrected chi connectivity index (χ2v) is 9.57. The Morgan fingerprint density at radius 3 is 2.54 bits per heavy atom. The fourth-order valence-corrected chi connectivity index (χ4v) is 4.75. The van der Waals surface area contributed by atoms with Gasteiger partial charge in [0.1, 0.15) is 5.82 Å². The number of rotatable bonds is 6. The molecule has 0 atom stereocenters. The van der Waals surface area contributed by atoms with Gasteiger partial charge in [0.25, 0.3) is 11.1 Å². The van der Waals surface area contributed by atoms with Crippen LogP contribution in [0.1, 0.15) is 21.5 Å². The molecule has 4 rings (SSSR count). The molecule has 2 amide bonds. The van der Waals surface area contributed by atoms with E-state index >= 15 is 0 Å². The van der Waals surface area contributed by atoms with E-state index in [2.05, 4.69) is 15.9 Å². The summed E-state index contributed by atoms with van der Waals surface area (Å²) in [6, 6.07) is 15.4. The van der Waals surface area contributed by atoms with Crippen LogP contribution in [0.4, 0.5) is 9.18 Å². The molecule has 0 saturated carbocycles. The molecule has 0 aromatic heterocycles. The molecule has 0 aliphatic carbocycles. The van der Waals surface area contributed by atoms with Crippen molar-refractivity contribution in [3.05, 3.63) is 97.6 Å². The SMILES string of the molecule is COc1cc(/C=C2\SC(=O)N(Cc3ccccc3F)C2=O)cc(Br)c1OC(=O)c1ccc(Cl)cc1. The number of benzene rings is 3. The molecule has 1 aliphatic rings. The summed E-state index contributed by atoms with van der Waals surface area (Å²) in [5.41, 5.74) is 1.07. The first-order valence-electron chi connectivity index (χ1n) is 10.1. The van der Waals surface area contributed by atoms with Gasteiger partial charge in [0.15, 0.2) is 11.5 Å². The van der Waals surface area contributed by atoms with Gasteiger partial charge in [-0.05, 0) is 81.8 Å². The molecule has 3 aromatic carbocycles. The fourth-order valence-electron chi connectivity index (χ4n) is 3.24. The van der Waals surface area contributed by atoms with E-state index in [1.807, 2.05) is 0 Å². The van der Waals surface area contributed by atoms with Gasteiger partial charge in [-0.2, -0.15) is 0 Å². The largest absolute Gasteiger partial charge is 0.493 e. The highest BCUT2D eigenvalue weighted by atomic mass is 79.9. The Kier molecular flexibility index (Phi) is 7.59. The quantitative estimate of drug-likeness (QED) is 0.185. The molecule has 0 N–H and O–H groups in total. The van der Waals surface area contributed by atoms with Crippen molar-refractivity contribution in [3.63, 3.8) is 0 Å². The molecule has 0 spiro atoms. The second-order valence-electron chi connectivity index (χ2n) is 7.29. The average molecular weight is 577 g/mol. The molecule has 1 saturated heterocycles. The Labute approximate surface area is 217 Å². The van der Waals surface area contributed by atoms with Crippen LogP contribution < -0.4 is 9.47 Å². The van der Waals surface area contributed by atoms with Gasteiger partial charge in [-0.25, -0.2) is 9.18 Å². The van der Waals surface area contributed by atoms with Crippen molar-refractivity contribution in [2.24, 2.45) is 0 Å². The van der Waals surface area contributed by atoms with E-state index < -0.39 is 22.9 Å². The number of carbonyl (C=O) groups is 3. The van der Waals surface area contributed by atoms with E-state index in [1.54, 1.807) is 30.3 Å². The molecule has 10 heteroatoms. The van der Waals surface area contributed by atoms with E-state index in [0.29, 0.717) is 20.6 Å². The first-order valence-corrected chi connectivity index (χ1v) is 12.1. The van der Waals surface area contributed by atoms with Crippen LogP contribution in [-0.2, 0) is 11.3 Å². The Bertz CT molecular complexity index is 1360. The van der Waals surface area contributed by atoms with Crippen molar-refractivity contribution in [2.75, 3.05) is 7.11 Å². The van der Waals surface area contributed by atoms with E-state index in [4.69, 9.17) is 21.1 Å². The molecule has 1 heterocycles. The lowest BCUT2D eigenvalue weighted by Crippen LogP contribution is -2.27. The minimum absolute atomic E-state index is 0.150. The summed E-state index contributed by atoms with van der Waals surface area (Å²) in [4.78, 5) is 39.0. The summed E-state index contributed by atoms with van der Waals surface area (Å²) in [5.74, 6) is -1.25. The molecule has 1 aliphatic heterocycles. The zero-order chi connectivity index (χ0) is 25.1. The number of methoxy groups -OCH3 is 1. The van der Waals surface area contributed by atoms with Crippen molar-refractivity contribution >= 4 is 62.5 Å². The van der Waals surface area contributed by atoms with Crippen molar-refractivity contribution in [1.29, 1.82) is 0 Å². The highest BCUT2D eigenvalue weighted by Gasteiger charge is 2.35. The van der Waals surface area contributed by atoms with Crippen molar-refractivity contribution < 1.29 is 28.2 Å². The first kappa shape index (κ1) is 25.0. The molecule has 0 bridgehead atoms. The van der Waals surface area contributed by atoms with Crippen LogP contribution in [0.25, 0.3) is 6.08 Å². The van der Waals surface area contributed by atoms with E-state index in [9.17, 15) is 18.8 Å². The minimum Gasteiger partial charge on any atom is -0.493 e. The van der Waals surface area contributed by atoms with Crippen LogP contribution in [0.15, 0.2) is 70.0 Å². The highest BCUT2D eigenvalue weighted by Crippen LogP contribution is 2.40. The summed E-state index contributed by atoms with van der Waals surface area (Å²) in [7, 11) is 1.41. The number of hydrogen-bond acceptors (Lipinski definition) is 6. The van der Waals surface area contributed by atoms with Crippen molar-refractivity contribution in [3.8, 4) is 11.5 Å². The Morgan fingerprint density at radius 2 is 1.86 bits per heavy atom. The monoisotopic (exact) mass is 575 g/mol. The zero-order valence-corrected chi connectivity index (χ0v) is 21.2. The molecule has 0 radical (unpaired) electrons. The number of imide groups is 1. The van der Waals surface area contributed by atoms with Crippen LogP contribution in [-0.4, -0.2) is 29.1 Å². The summed E-state index contributed by atoms with van der Waals surface area (Å²) in [5, 5.41) is -0.00738. The van der Waals surface area contributed by atoms with Crippen LogP contribution in [0, 0.1) is 5.82 Å². The van der Waals surface area contributed by atoms with Crippen LogP contribution in [0.3, 0.4) is 0 Å². The number of esters is 1. The molecular formula is C25H16BrClFNO5S. The standard InChI is InChI=1S/C25H16BrClFNO5S/c1-33-20-11-14(10-18(26)22(20)34-24(31)15-6-8-17(27)9-7-15)12-21-23(30)29(25(32)35-21)13-16-4-2-3-5-19(16)28/h2-12H,13H2,1H3/b21-12-. The Morgan fingerprint density at radius 1 is 1.14 bits per heavy atom. The molecule has 178 valence electrons. The van der Waals surface area contributed by atoms with Gasteiger partial charge in [-0.3, -0.25) is 14.5 Å². The number of nitrogens with zero attached hydrogens (tertiary/aromatic N) is 1. The molecule has 6 nitrogen and oxygen atoms in total. The predicted molar refractivity (Wildman–Crippen MR) is 135 cm³/mol. The molecule has 35 heavy (non-hydrogen) atoms. The molecule has 1 fully saturated rings. The number of halogens is 3. The molecular weight excluding hydrogens is 561 g/mol. The zero-order valence-electron chi connectivity index (χ0n) is 18.1. The second kappa shape index (κ2) is 10.6. The Hall–Kier alpha value is -3.14. The summed E-state index contributed by atoms with van der Waals surface area (Å²) in [6.07, 6.45) is 1.52. The lowest BCUT2D eigenvalue weighted by atomic mass is 10.1. The highest BCUT2D eigenvalue weighted by molar-refractivity contribution is 9.10. The lowest BCUT2D eigenvalue weighted by Gasteiger charge is -2.13. The summed E-state index contributed by atoms with van der Waals surface area (Å²) < 4.78 is 25.3. The van der Waals surface area contributed by atoms with Gasteiger partial charge >= 0.3 is 5.97 Å². The van der Waals surface area contributed by atoms with Gasteiger partial charge in [-0.15, -0.1) is 0 Å². The maximum Gasteiger partial charge on any atom is 0.343 e. The molecule has 0 unspecified atom stereocenters. The summed E-state index contributed by atoms with van der Waals surface area (Å²) >= 11 is 9.99. The number of carbonyl (C=O) groups excluding carboxylic acids is 3. The van der Waals surface area contributed by atoms with Gasteiger partial charge in [0.05, 0.1) is 28.6 Å².